The molecule has 0 saturated heterocycles. The fourth-order valence-corrected chi connectivity index (χ4v) is 2.18. The topological polar surface area (TPSA) is 54.4 Å². The van der Waals surface area contributed by atoms with Crippen LogP contribution in [0.25, 0.3) is 21.5 Å². The van der Waals surface area contributed by atoms with Gasteiger partial charge in [0, 0.05) is 11.1 Å². The lowest BCUT2D eigenvalue weighted by atomic mass is 9.98. The van der Waals surface area contributed by atoms with E-state index in [9.17, 15) is 9.59 Å². The van der Waals surface area contributed by atoms with Crippen molar-refractivity contribution < 1.29 is 14.7 Å². The lowest BCUT2D eigenvalue weighted by molar-refractivity contribution is -0.132. The number of carbonyl (C=O) groups is 2. The molecule has 0 aliphatic carbocycles. The van der Waals surface area contributed by atoms with E-state index in [1.165, 1.54) is 6.92 Å². The maximum absolute atomic E-state index is 11.2. The molecule has 0 atom stereocenters. The molecule has 0 aromatic heterocycles. The molecule has 0 heterocycles. The Balaban J connectivity index is 0.000000254. The minimum Gasteiger partial charge on any atom is -0.478 e. The van der Waals surface area contributed by atoms with Crippen molar-refractivity contribution in [2.45, 2.75) is 6.92 Å². The van der Waals surface area contributed by atoms with Gasteiger partial charge in [0.25, 0.3) is 0 Å². The highest BCUT2D eigenvalue weighted by molar-refractivity contribution is 6.12. The molecule has 0 aliphatic rings. The van der Waals surface area contributed by atoms with Gasteiger partial charge in [-0.25, -0.2) is 4.79 Å². The molecule has 3 aromatic carbocycles. The summed E-state index contributed by atoms with van der Waals surface area (Å²) in [5.41, 5.74) is 0.962. The third-order valence-electron chi connectivity index (χ3n) is 3.30. The van der Waals surface area contributed by atoms with Crippen LogP contribution in [0.2, 0.25) is 0 Å². The first-order valence-electron chi connectivity index (χ1n) is 6.79. The van der Waals surface area contributed by atoms with E-state index in [1.807, 2.05) is 48.5 Å². The van der Waals surface area contributed by atoms with E-state index < -0.39 is 5.97 Å². The molecule has 110 valence electrons. The second-order valence-electron chi connectivity index (χ2n) is 4.94. The van der Waals surface area contributed by atoms with Crippen molar-refractivity contribution >= 4 is 33.8 Å². The molecule has 0 bridgehead atoms. The van der Waals surface area contributed by atoms with E-state index in [2.05, 4.69) is 12.6 Å². The van der Waals surface area contributed by atoms with Crippen LogP contribution in [0.4, 0.5) is 0 Å². The minimum absolute atomic E-state index is 0.176. The number of fused-ring (bicyclic) bond motifs is 2. The number of aliphatic carboxylic acids is 1. The Morgan fingerprint density at radius 1 is 1.00 bits per heavy atom. The molecule has 0 aliphatic heterocycles. The summed E-state index contributed by atoms with van der Waals surface area (Å²) in [6.45, 7) is 4.60. The van der Waals surface area contributed by atoms with Gasteiger partial charge in [-0.1, -0.05) is 55.1 Å². The summed E-state index contributed by atoms with van der Waals surface area (Å²) >= 11 is 0. The summed E-state index contributed by atoms with van der Waals surface area (Å²) in [6, 6.07) is 18.1. The van der Waals surface area contributed by atoms with Gasteiger partial charge in [0.15, 0.2) is 6.29 Å². The molecule has 22 heavy (non-hydrogen) atoms. The molecule has 0 amide bonds. The largest absolute Gasteiger partial charge is 0.478 e. The molecule has 0 fully saturated rings. The predicted molar refractivity (Wildman–Crippen MR) is 89.3 cm³/mol. The average Bonchev–Trinajstić information content (AvgIpc) is 2.53. The van der Waals surface area contributed by atoms with Crippen LogP contribution in [0.1, 0.15) is 17.3 Å². The first kappa shape index (κ1) is 15.4. The van der Waals surface area contributed by atoms with Gasteiger partial charge in [-0.05, 0) is 34.5 Å². The van der Waals surface area contributed by atoms with Gasteiger partial charge >= 0.3 is 5.97 Å². The summed E-state index contributed by atoms with van der Waals surface area (Å²) in [4.78, 5) is 20.8. The van der Waals surface area contributed by atoms with Crippen LogP contribution < -0.4 is 0 Å². The third kappa shape index (κ3) is 3.20. The quantitative estimate of drug-likeness (QED) is 0.431. The van der Waals surface area contributed by atoms with Crippen molar-refractivity contribution in [2.75, 3.05) is 0 Å². The predicted octanol–water partition coefficient (Wildman–Crippen LogP) is 4.45. The zero-order valence-corrected chi connectivity index (χ0v) is 12.2. The first-order valence-corrected chi connectivity index (χ1v) is 6.79. The Kier molecular flexibility index (Phi) is 4.69. The van der Waals surface area contributed by atoms with Crippen LogP contribution >= 0.6 is 0 Å². The molecular formula is C19H16O3. The Morgan fingerprint density at radius 2 is 1.41 bits per heavy atom. The van der Waals surface area contributed by atoms with Crippen LogP contribution in [-0.4, -0.2) is 17.4 Å². The van der Waals surface area contributed by atoms with Gasteiger partial charge in [-0.3, -0.25) is 4.79 Å². The summed E-state index contributed by atoms with van der Waals surface area (Å²) in [5, 5.41) is 12.2. The highest BCUT2D eigenvalue weighted by Crippen LogP contribution is 2.26. The van der Waals surface area contributed by atoms with Crippen LogP contribution in [0, 0.1) is 0 Å². The number of carboxylic acid groups (broad SMARTS) is 1. The van der Waals surface area contributed by atoms with Crippen LogP contribution in [0.3, 0.4) is 0 Å². The van der Waals surface area contributed by atoms with Gasteiger partial charge in [0.05, 0.1) is 0 Å². The van der Waals surface area contributed by atoms with E-state index in [1.54, 1.807) is 0 Å². The molecule has 0 unspecified atom stereocenters. The monoisotopic (exact) mass is 292 g/mol. The van der Waals surface area contributed by atoms with Crippen molar-refractivity contribution in [1.82, 2.24) is 0 Å². The molecule has 3 nitrogen and oxygen atoms in total. The molecule has 1 N–H and O–H groups in total. The van der Waals surface area contributed by atoms with Crippen molar-refractivity contribution in [2.24, 2.45) is 0 Å². The molecule has 0 saturated carbocycles. The van der Waals surface area contributed by atoms with Crippen molar-refractivity contribution in [1.29, 1.82) is 0 Å². The zero-order valence-electron chi connectivity index (χ0n) is 12.2. The Bertz CT molecular complexity index is 797. The smallest absolute Gasteiger partial charge is 0.330 e. The Morgan fingerprint density at radius 3 is 1.77 bits per heavy atom. The van der Waals surface area contributed by atoms with Crippen LogP contribution in [-0.2, 0) is 4.79 Å². The number of aldehydes is 1. The van der Waals surface area contributed by atoms with E-state index >= 15 is 0 Å². The number of hydrogen-bond donors (Lipinski definition) is 1. The summed E-state index contributed by atoms with van der Waals surface area (Å²) < 4.78 is 0. The zero-order chi connectivity index (χ0) is 16.1. The number of hydrogen-bond acceptors (Lipinski definition) is 2. The molecule has 0 radical (unpaired) electrons. The van der Waals surface area contributed by atoms with E-state index in [0.717, 1.165) is 33.4 Å². The fourth-order valence-electron chi connectivity index (χ4n) is 2.18. The van der Waals surface area contributed by atoms with E-state index in [0.29, 0.717) is 0 Å². The highest BCUT2D eigenvalue weighted by atomic mass is 16.4. The van der Waals surface area contributed by atoms with Gasteiger partial charge in [0.1, 0.15) is 0 Å². The summed E-state index contributed by atoms with van der Waals surface area (Å²) in [6.07, 6.45) is 0.949. The SMILES string of the molecule is C=C(C)C(=O)O.O=Cc1c2ccccc2cc2ccccc12. The van der Waals surface area contributed by atoms with Crippen molar-refractivity contribution in [3.05, 3.63) is 72.3 Å². The lowest BCUT2D eigenvalue weighted by Gasteiger charge is -2.05. The van der Waals surface area contributed by atoms with Crippen molar-refractivity contribution in [3.63, 3.8) is 0 Å². The summed E-state index contributed by atoms with van der Waals surface area (Å²) in [7, 11) is 0. The van der Waals surface area contributed by atoms with Gasteiger partial charge < -0.3 is 5.11 Å². The van der Waals surface area contributed by atoms with Gasteiger partial charge in [-0.15, -0.1) is 0 Å². The van der Waals surface area contributed by atoms with Crippen LogP contribution in [0.5, 0.6) is 0 Å². The Hall–Kier alpha value is -2.94. The maximum atomic E-state index is 11.2. The molecule has 3 rings (SSSR count). The van der Waals surface area contributed by atoms with Crippen LogP contribution in [0.15, 0.2) is 66.7 Å². The van der Waals surface area contributed by atoms with Gasteiger partial charge in [-0.2, -0.15) is 0 Å². The normalized spacial score (nSPS) is 9.86. The van der Waals surface area contributed by atoms with Gasteiger partial charge in [0.2, 0.25) is 0 Å². The minimum atomic E-state index is -0.935. The second-order valence-corrected chi connectivity index (χ2v) is 4.94. The number of carboxylic acids is 1. The van der Waals surface area contributed by atoms with E-state index in [-0.39, 0.29) is 5.57 Å². The first-order chi connectivity index (χ1) is 10.5. The molecule has 3 heteroatoms. The molecule has 3 aromatic rings. The number of rotatable bonds is 2. The summed E-state index contributed by atoms with van der Waals surface area (Å²) in [5.74, 6) is -0.935. The second kappa shape index (κ2) is 6.68. The average molecular weight is 292 g/mol. The fraction of sp³-hybridized carbons (Fsp3) is 0.0526. The molecule has 0 spiro atoms. The number of carbonyl (C=O) groups excluding carboxylic acids is 1. The van der Waals surface area contributed by atoms with Crippen molar-refractivity contribution in [3.8, 4) is 0 Å². The standard InChI is InChI=1S/C15H10O.C4H6O2/c16-10-15-13-7-3-1-5-11(13)9-12-6-2-4-8-14(12)15;1-3(2)4(5)6/h1-10H;1H2,2H3,(H,5,6). The van der Waals surface area contributed by atoms with E-state index in [4.69, 9.17) is 5.11 Å². The third-order valence-corrected chi connectivity index (χ3v) is 3.30. The highest BCUT2D eigenvalue weighted by Gasteiger charge is 2.05. The maximum Gasteiger partial charge on any atom is 0.330 e. The Labute approximate surface area is 128 Å². The number of benzene rings is 3. The lowest BCUT2D eigenvalue weighted by Crippen LogP contribution is -1.92. The molecular weight excluding hydrogens is 276 g/mol.